The van der Waals surface area contributed by atoms with Crippen LogP contribution in [0.1, 0.15) is 5.56 Å². The lowest BCUT2D eigenvalue weighted by Crippen LogP contribution is -2.09. The third-order valence-electron chi connectivity index (χ3n) is 4.02. The van der Waals surface area contributed by atoms with Gasteiger partial charge in [0.25, 0.3) is 0 Å². The number of nitrogens with one attached hydrogen (secondary N) is 1. The summed E-state index contributed by atoms with van der Waals surface area (Å²) in [6.07, 6.45) is 7.19. The Hall–Kier alpha value is -3.34. The number of hydrogen-bond donors (Lipinski definition) is 1. The fourth-order valence-electron chi connectivity index (χ4n) is 2.61. The van der Waals surface area contributed by atoms with E-state index < -0.39 is 0 Å². The van der Waals surface area contributed by atoms with Crippen LogP contribution in [0.15, 0.2) is 42.6 Å². The van der Waals surface area contributed by atoms with Crippen molar-refractivity contribution < 1.29 is 18.9 Å². The van der Waals surface area contributed by atoms with Crippen molar-refractivity contribution in [1.29, 1.82) is 0 Å². The molecule has 7 heteroatoms. The van der Waals surface area contributed by atoms with Crippen LogP contribution in [0.25, 0.3) is 10.9 Å². The molecule has 29 heavy (non-hydrogen) atoms. The molecule has 0 fully saturated rings. The SMILES string of the molecule is C#Cc1cccc(Nc2ncc3cc(OCCOC)c(OCCOC)cc3n2)c1. The molecule has 0 bridgehead atoms. The van der Waals surface area contributed by atoms with Crippen molar-refractivity contribution in [3.8, 4) is 23.8 Å². The Morgan fingerprint density at radius 2 is 1.69 bits per heavy atom. The highest BCUT2D eigenvalue weighted by atomic mass is 16.5. The highest BCUT2D eigenvalue weighted by molar-refractivity contribution is 5.83. The number of benzene rings is 2. The molecule has 0 unspecified atom stereocenters. The van der Waals surface area contributed by atoms with Gasteiger partial charge in [0.2, 0.25) is 5.95 Å². The van der Waals surface area contributed by atoms with Gasteiger partial charge in [-0.05, 0) is 24.3 Å². The molecule has 0 radical (unpaired) electrons. The van der Waals surface area contributed by atoms with Crippen molar-refractivity contribution in [1.82, 2.24) is 9.97 Å². The maximum absolute atomic E-state index is 5.81. The Morgan fingerprint density at radius 1 is 0.966 bits per heavy atom. The van der Waals surface area contributed by atoms with Crippen LogP contribution in [0.5, 0.6) is 11.5 Å². The van der Waals surface area contributed by atoms with Crippen molar-refractivity contribution >= 4 is 22.5 Å². The largest absolute Gasteiger partial charge is 0.487 e. The summed E-state index contributed by atoms with van der Waals surface area (Å²) in [6.45, 7) is 1.76. The highest BCUT2D eigenvalue weighted by Crippen LogP contribution is 2.32. The van der Waals surface area contributed by atoms with Crippen LogP contribution in [0.3, 0.4) is 0 Å². The van der Waals surface area contributed by atoms with Gasteiger partial charge in [0.15, 0.2) is 11.5 Å². The van der Waals surface area contributed by atoms with Crippen LogP contribution >= 0.6 is 0 Å². The fourth-order valence-corrected chi connectivity index (χ4v) is 2.61. The molecule has 0 saturated carbocycles. The number of terminal acetylenes is 1. The summed E-state index contributed by atoms with van der Waals surface area (Å²) in [5.74, 6) is 4.27. The number of fused-ring (bicyclic) bond motifs is 1. The van der Waals surface area contributed by atoms with Crippen LogP contribution in [0.4, 0.5) is 11.6 Å². The fraction of sp³-hybridized carbons (Fsp3) is 0.273. The van der Waals surface area contributed by atoms with Gasteiger partial charge < -0.3 is 24.3 Å². The number of anilines is 2. The first-order chi connectivity index (χ1) is 14.2. The van der Waals surface area contributed by atoms with Crippen molar-refractivity contribution in [2.75, 3.05) is 46.0 Å². The Bertz CT molecular complexity index is 1000. The molecule has 0 aliphatic rings. The average Bonchev–Trinajstić information content (AvgIpc) is 2.74. The molecule has 0 amide bonds. The summed E-state index contributed by atoms with van der Waals surface area (Å²) in [4.78, 5) is 8.97. The first kappa shape index (κ1) is 20.4. The second-order valence-electron chi connectivity index (χ2n) is 6.08. The minimum atomic E-state index is 0.401. The molecule has 3 rings (SSSR count). The molecule has 0 atom stereocenters. The first-order valence-electron chi connectivity index (χ1n) is 9.11. The van der Waals surface area contributed by atoms with Crippen molar-refractivity contribution in [2.45, 2.75) is 0 Å². The zero-order valence-corrected chi connectivity index (χ0v) is 16.5. The lowest BCUT2D eigenvalue weighted by molar-refractivity contribution is 0.132. The third-order valence-corrected chi connectivity index (χ3v) is 4.02. The molecule has 0 spiro atoms. The van der Waals surface area contributed by atoms with Gasteiger partial charge in [0.05, 0.1) is 18.7 Å². The number of ether oxygens (including phenoxy) is 4. The Morgan fingerprint density at radius 3 is 2.38 bits per heavy atom. The topological polar surface area (TPSA) is 74.7 Å². The van der Waals surface area contributed by atoms with E-state index in [1.54, 1.807) is 20.4 Å². The molecule has 0 aliphatic carbocycles. The van der Waals surface area contributed by atoms with Gasteiger partial charge in [-0.2, -0.15) is 0 Å². The minimum Gasteiger partial charge on any atom is -0.487 e. The Labute approximate surface area is 170 Å². The van der Waals surface area contributed by atoms with Gasteiger partial charge >= 0.3 is 0 Å². The monoisotopic (exact) mass is 393 g/mol. The van der Waals surface area contributed by atoms with Crippen LogP contribution in [0.2, 0.25) is 0 Å². The highest BCUT2D eigenvalue weighted by Gasteiger charge is 2.11. The van der Waals surface area contributed by atoms with E-state index in [2.05, 4.69) is 21.2 Å². The zero-order valence-electron chi connectivity index (χ0n) is 16.5. The zero-order chi connectivity index (χ0) is 20.5. The number of nitrogens with zero attached hydrogens (tertiary/aromatic N) is 2. The number of methoxy groups -OCH3 is 2. The standard InChI is InChI=1S/C22H23N3O4/c1-4-16-6-5-7-18(12-16)24-22-23-15-17-13-20(28-10-8-26-2)21(14-19(17)25-22)29-11-9-27-3/h1,5-7,12-15H,8-11H2,2-3H3,(H,23,24,25). The van der Waals surface area contributed by atoms with Crippen LogP contribution in [-0.2, 0) is 9.47 Å². The second-order valence-corrected chi connectivity index (χ2v) is 6.08. The number of rotatable bonds is 10. The average molecular weight is 393 g/mol. The molecular weight excluding hydrogens is 370 g/mol. The Kier molecular flexibility index (Phi) is 7.22. The maximum atomic E-state index is 5.81. The van der Waals surface area contributed by atoms with Gasteiger partial charge in [-0.25, -0.2) is 9.97 Å². The summed E-state index contributed by atoms with van der Waals surface area (Å²) in [7, 11) is 3.25. The van der Waals surface area contributed by atoms with Crippen LogP contribution in [-0.4, -0.2) is 50.6 Å². The van der Waals surface area contributed by atoms with Crippen molar-refractivity contribution in [3.63, 3.8) is 0 Å². The summed E-state index contributed by atoms with van der Waals surface area (Å²) in [5, 5.41) is 4.01. The van der Waals surface area contributed by atoms with Gasteiger partial charge in [-0.15, -0.1) is 6.42 Å². The quantitative estimate of drug-likeness (QED) is 0.418. The number of aromatic nitrogens is 2. The van der Waals surface area contributed by atoms with Gasteiger partial charge in [0, 0.05) is 43.1 Å². The first-order valence-corrected chi connectivity index (χ1v) is 9.11. The molecule has 150 valence electrons. The van der Waals surface area contributed by atoms with Gasteiger partial charge in [0.1, 0.15) is 13.2 Å². The van der Waals surface area contributed by atoms with Crippen molar-refractivity contribution in [2.24, 2.45) is 0 Å². The van der Waals surface area contributed by atoms with Gasteiger partial charge in [-0.3, -0.25) is 0 Å². The Balaban J connectivity index is 1.87. The number of hydrogen-bond acceptors (Lipinski definition) is 7. The van der Waals surface area contributed by atoms with E-state index in [9.17, 15) is 0 Å². The van der Waals surface area contributed by atoms with E-state index in [0.29, 0.717) is 43.9 Å². The minimum absolute atomic E-state index is 0.401. The van der Waals surface area contributed by atoms with E-state index in [4.69, 9.17) is 25.4 Å². The molecule has 2 aromatic carbocycles. The summed E-state index contributed by atoms with van der Waals surface area (Å²) in [5.41, 5.74) is 2.32. The summed E-state index contributed by atoms with van der Waals surface area (Å²) >= 11 is 0. The molecule has 1 N–H and O–H groups in total. The van der Waals surface area contributed by atoms with Crippen LogP contribution in [0, 0.1) is 12.3 Å². The van der Waals surface area contributed by atoms with Crippen molar-refractivity contribution in [3.05, 3.63) is 48.2 Å². The smallest absolute Gasteiger partial charge is 0.227 e. The normalized spacial score (nSPS) is 10.5. The maximum Gasteiger partial charge on any atom is 0.227 e. The van der Waals surface area contributed by atoms with E-state index >= 15 is 0 Å². The molecule has 0 saturated heterocycles. The molecular formula is C22H23N3O4. The molecule has 7 nitrogen and oxygen atoms in total. The van der Waals surface area contributed by atoms with E-state index in [1.807, 2.05) is 36.4 Å². The molecule has 0 aliphatic heterocycles. The third kappa shape index (κ3) is 5.57. The molecule has 1 aromatic heterocycles. The van der Waals surface area contributed by atoms with E-state index in [0.717, 1.165) is 22.2 Å². The predicted molar refractivity (Wildman–Crippen MR) is 112 cm³/mol. The predicted octanol–water partition coefficient (Wildman–Crippen LogP) is 3.41. The van der Waals surface area contributed by atoms with Gasteiger partial charge in [-0.1, -0.05) is 12.0 Å². The second kappa shape index (κ2) is 10.3. The summed E-state index contributed by atoms with van der Waals surface area (Å²) in [6, 6.07) is 11.2. The molecule has 3 aromatic rings. The van der Waals surface area contributed by atoms with E-state index in [1.165, 1.54) is 0 Å². The van der Waals surface area contributed by atoms with E-state index in [-0.39, 0.29) is 0 Å². The van der Waals surface area contributed by atoms with Crippen LogP contribution < -0.4 is 14.8 Å². The molecule has 1 heterocycles. The lowest BCUT2D eigenvalue weighted by Gasteiger charge is -2.14. The lowest BCUT2D eigenvalue weighted by atomic mass is 10.2. The summed E-state index contributed by atoms with van der Waals surface area (Å²) < 4.78 is 21.7.